The quantitative estimate of drug-likeness (QED) is 0.461. The average Bonchev–Trinajstić information content (AvgIpc) is 2.62. The lowest BCUT2D eigenvalue weighted by molar-refractivity contribution is -0.131. The Labute approximate surface area is 145 Å². The van der Waals surface area contributed by atoms with E-state index in [-0.39, 0.29) is 11.3 Å². The van der Waals surface area contributed by atoms with Crippen LogP contribution >= 0.6 is 7.60 Å². The molecule has 0 aliphatic carbocycles. The van der Waals surface area contributed by atoms with Gasteiger partial charge in [0.05, 0.1) is 5.56 Å². The third-order valence-electron chi connectivity index (χ3n) is 3.27. The molecular formula is C17H18NO6P. The average molecular weight is 363 g/mol. The minimum Gasteiger partial charge on any atom is -0.425 e. The van der Waals surface area contributed by atoms with Gasteiger partial charge in [-0.25, -0.2) is 0 Å². The van der Waals surface area contributed by atoms with Crippen LogP contribution in [0.25, 0.3) is 0 Å². The van der Waals surface area contributed by atoms with Crippen molar-refractivity contribution in [2.75, 3.05) is 25.7 Å². The molecule has 0 saturated heterocycles. The number of esters is 1. The topological polar surface area (TPSA) is 90.9 Å². The number of hydrogen-bond acceptors (Lipinski definition) is 6. The monoisotopic (exact) mass is 363 g/mol. The Hall–Kier alpha value is -2.47. The zero-order valence-corrected chi connectivity index (χ0v) is 14.7. The van der Waals surface area contributed by atoms with Crippen molar-refractivity contribution in [3.05, 3.63) is 60.2 Å². The van der Waals surface area contributed by atoms with E-state index < -0.39 is 25.6 Å². The standard InChI is InChI=1S/C17H18NO6P/c1-22-25(21,23-2)12-16(19)24-15-11-7-6-10-14(15)17(20)18-13-8-4-3-5-9-13/h3-11H,12H2,1-2H3,(H,18,20). The predicted molar refractivity (Wildman–Crippen MR) is 93.0 cm³/mol. The molecule has 7 nitrogen and oxygen atoms in total. The van der Waals surface area contributed by atoms with Crippen LogP contribution in [0.5, 0.6) is 5.75 Å². The Morgan fingerprint density at radius 3 is 2.20 bits per heavy atom. The zero-order valence-electron chi connectivity index (χ0n) is 13.8. The minimum atomic E-state index is -3.54. The number of ether oxygens (including phenoxy) is 1. The van der Waals surface area contributed by atoms with Crippen LogP contribution < -0.4 is 10.1 Å². The Balaban J connectivity index is 2.13. The molecule has 25 heavy (non-hydrogen) atoms. The van der Waals surface area contributed by atoms with Gasteiger partial charge < -0.3 is 19.1 Å². The van der Waals surface area contributed by atoms with Gasteiger partial charge in [0.15, 0.2) is 0 Å². The molecule has 0 radical (unpaired) electrons. The maximum Gasteiger partial charge on any atom is 0.341 e. The van der Waals surface area contributed by atoms with E-state index in [9.17, 15) is 14.2 Å². The van der Waals surface area contributed by atoms with Crippen LogP contribution in [-0.4, -0.2) is 32.3 Å². The lowest BCUT2D eigenvalue weighted by atomic mass is 10.2. The van der Waals surface area contributed by atoms with Crippen molar-refractivity contribution in [3.8, 4) is 5.75 Å². The number of hydrogen-bond donors (Lipinski definition) is 1. The highest BCUT2D eigenvalue weighted by atomic mass is 31.2. The molecule has 0 saturated carbocycles. The first-order chi connectivity index (χ1) is 12.0. The first-order valence-corrected chi connectivity index (χ1v) is 9.07. The van der Waals surface area contributed by atoms with Gasteiger partial charge in [0.25, 0.3) is 5.91 Å². The number of benzene rings is 2. The summed E-state index contributed by atoms with van der Waals surface area (Å²) in [5.74, 6) is -1.21. The van der Waals surface area contributed by atoms with Crippen LogP contribution in [0.15, 0.2) is 54.6 Å². The van der Waals surface area contributed by atoms with Gasteiger partial charge in [0.1, 0.15) is 11.9 Å². The van der Waals surface area contributed by atoms with Gasteiger partial charge >= 0.3 is 13.6 Å². The zero-order chi connectivity index (χ0) is 18.3. The maximum atomic E-state index is 12.4. The molecule has 2 aromatic rings. The van der Waals surface area contributed by atoms with E-state index in [1.165, 1.54) is 26.4 Å². The fourth-order valence-electron chi connectivity index (χ4n) is 1.98. The second-order valence-electron chi connectivity index (χ2n) is 4.92. The fraction of sp³-hybridized carbons (Fsp3) is 0.176. The molecule has 2 rings (SSSR count). The van der Waals surface area contributed by atoms with Crippen LogP contribution in [0.2, 0.25) is 0 Å². The molecule has 0 heterocycles. The first kappa shape index (κ1) is 18.9. The highest BCUT2D eigenvalue weighted by Gasteiger charge is 2.27. The molecule has 0 atom stereocenters. The normalized spacial score (nSPS) is 11.0. The van der Waals surface area contributed by atoms with Crippen molar-refractivity contribution >= 4 is 25.2 Å². The van der Waals surface area contributed by atoms with Crippen molar-refractivity contribution < 1.29 is 27.9 Å². The summed E-state index contributed by atoms with van der Waals surface area (Å²) in [5, 5.41) is 2.71. The third kappa shape index (κ3) is 5.26. The summed E-state index contributed by atoms with van der Waals surface area (Å²) in [6.45, 7) is 0. The first-order valence-electron chi connectivity index (χ1n) is 7.34. The van der Waals surface area contributed by atoms with E-state index in [0.29, 0.717) is 5.69 Å². The second kappa shape index (κ2) is 8.58. The van der Waals surface area contributed by atoms with Crippen LogP contribution in [0, 0.1) is 0 Å². The summed E-state index contributed by atoms with van der Waals surface area (Å²) in [5.41, 5.74) is 0.779. The summed E-state index contributed by atoms with van der Waals surface area (Å²) in [6.07, 6.45) is -0.561. The molecule has 8 heteroatoms. The highest BCUT2D eigenvalue weighted by molar-refractivity contribution is 7.54. The summed E-state index contributed by atoms with van der Waals surface area (Å²) in [6, 6.07) is 15.1. The van der Waals surface area contributed by atoms with Gasteiger partial charge in [-0.2, -0.15) is 0 Å². The molecular weight excluding hydrogens is 345 g/mol. The van der Waals surface area contributed by atoms with E-state index in [1.54, 1.807) is 36.4 Å². The Morgan fingerprint density at radius 1 is 0.960 bits per heavy atom. The smallest absolute Gasteiger partial charge is 0.341 e. The van der Waals surface area contributed by atoms with Crippen molar-refractivity contribution in [2.45, 2.75) is 0 Å². The lowest BCUT2D eigenvalue weighted by Gasteiger charge is -2.14. The van der Waals surface area contributed by atoms with E-state index in [1.807, 2.05) is 6.07 Å². The van der Waals surface area contributed by atoms with E-state index in [4.69, 9.17) is 13.8 Å². The number of amides is 1. The molecule has 0 bridgehead atoms. The van der Waals surface area contributed by atoms with E-state index in [2.05, 4.69) is 5.32 Å². The van der Waals surface area contributed by atoms with Gasteiger partial charge in [0, 0.05) is 19.9 Å². The number of anilines is 1. The largest absolute Gasteiger partial charge is 0.425 e. The van der Waals surface area contributed by atoms with Gasteiger partial charge in [-0.1, -0.05) is 30.3 Å². The Kier molecular flexibility index (Phi) is 6.47. The molecule has 0 aliphatic rings. The van der Waals surface area contributed by atoms with Crippen molar-refractivity contribution in [1.82, 2.24) is 0 Å². The molecule has 0 spiro atoms. The lowest BCUT2D eigenvalue weighted by Crippen LogP contribution is -2.18. The van der Waals surface area contributed by atoms with Gasteiger partial charge in [-0.15, -0.1) is 0 Å². The van der Waals surface area contributed by atoms with E-state index >= 15 is 0 Å². The molecule has 132 valence electrons. The van der Waals surface area contributed by atoms with Crippen molar-refractivity contribution in [1.29, 1.82) is 0 Å². The number of carbonyl (C=O) groups is 2. The fourth-order valence-corrected chi connectivity index (χ4v) is 2.77. The van der Waals surface area contributed by atoms with Crippen LogP contribution in [0.4, 0.5) is 5.69 Å². The highest BCUT2D eigenvalue weighted by Crippen LogP contribution is 2.46. The summed E-state index contributed by atoms with van der Waals surface area (Å²) in [4.78, 5) is 24.4. The minimum absolute atomic E-state index is 0.0553. The SMILES string of the molecule is COP(=O)(CC(=O)Oc1ccccc1C(=O)Nc1ccccc1)OC. The van der Waals surface area contributed by atoms with Crippen molar-refractivity contribution in [3.63, 3.8) is 0 Å². The summed E-state index contributed by atoms with van der Waals surface area (Å²) < 4.78 is 26.6. The second-order valence-corrected chi connectivity index (χ2v) is 7.19. The predicted octanol–water partition coefficient (Wildman–Crippen LogP) is 3.33. The Morgan fingerprint density at radius 2 is 1.56 bits per heavy atom. The molecule has 0 aromatic heterocycles. The van der Waals surface area contributed by atoms with Crippen molar-refractivity contribution in [2.24, 2.45) is 0 Å². The molecule has 1 amide bonds. The molecule has 1 N–H and O–H groups in total. The van der Waals surface area contributed by atoms with Crippen LogP contribution in [0.1, 0.15) is 10.4 Å². The molecule has 0 unspecified atom stereocenters. The summed E-state index contributed by atoms with van der Waals surface area (Å²) >= 11 is 0. The maximum absolute atomic E-state index is 12.4. The number of rotatable bonds is 7. The van der Waals surface area contributed by atoms with Crippen LogP contribution in [-0.2, 0) is 18.4 Å². The van der Waals surface area contributed by atoms with Crippen LogP contribution in [0.3, 0.4) is 0 Å². The number of carbonyl (C=O) groups excluding carboxylic acids is 2. The summed E-state index contributed by atoms with van der Waals surface area (Å²) in [7, 11) is -1.18. The van der Waals surface area contributed by atoms with Gasteiger partial charge in [0.2, 0.25) is 0 Å². The van der Waals surface area contributed by atoms with Gasteiger partial charge in [-0.05, 0) is 24.3 Å². The van der Waals surface area contributed by atoms with E-state index in [0.717, 1.165) is 0 Å². The number of nitrogens with one attached hydrogen (secondary N) is 1. The number of para-hydroxylation sites is 2. The van der Waals surface area contributed by atoms with Gasteiger partial charge in [-0.3, -0.25) is 14.2 Å². The Bertz CT molecular complexity index is 785. The molecule has 2 aromatic carbocycles. The molecule has 0 fully saturated rings. The molecule has 0 aliphatic heterocycles. The third-order valence-corrected chi connectivity index (χ3v) is 5.02.